The zero-order chi connectivity index (χ0) is 14.4. The summed E-state index contributed by atoms with van der Waals surface area (Å²) in [6.45, 7) is 2.53. The number of hydrogen-bond donors (Lipinski definition) is 3. The predicted molar refractivity (Wildman–Crippen MR) is 77.6 cm³/mol. The number of benzene rings is 1. The van der Waals surface area contributed by atoms with Crippen LogP contribution in [0.5, 0.6) is 5.75 Å². The molecule has 0 aliphatic rings. The van der Waals surface area contributed by atoms with Crippen molar-refractivity contribution in [2.45, 2.75) is 6.92 Å². The molecule has 0 fully saturated rings. The Bertz CT molecular complexity index is 567. The van der Waals surface area contributed by atoms with Gasteiger partial charge in [0.15, 0.2) is 0 Å². The highest BCUT2D eigenvalue weighted by atomic mass is 16.5. The van der Waals surface area contributed by atoms with E-state index < -0.39 is 0 Å². The van der Waals surface area contributed by atoms with Crippen LogP contribution in [0.1, 0.15) is 17.3 Å². The summed E-state index contributed by atoms with van der Waals surface area (Å²) in [5, 5.41) is 2.78. The zero-order valence-electron chi connectivity index (χ0n) is 11.1. The first-order valence-electron chi connectivity index (χ1n) is 6.20. The summed E-state index contributed by atoms with van der Waals surface area (Å²) in [4.78, 5) is 16.0. The smallest absolute Gasteiger partial charge is 0.257 e. The molecular formula is C14H16N4O2. The maximum Gasteiger partial charge on any atom is 0.257 e. The average molecular weight is 272 g/mol. The fraction of sp³-hybridized carbons (Fsp3) is 0.143. The van der Waals surface area contributed by atoms with Gasteiger partial charge in [0.2, 0.25) is 0 Å². The van der Waals surface area contributed by atoms with Gasteiger partial charge >= 0.3 is 0 Å². The molecule has 2 aromatic rings. The Balaban J connectivity index is 2.02. The Hall–Kier alpha value is -2.60. The SMILES string of the molecule is CCOc1ccc(NC(=O)c2ccc(NN)nc2)cc1. The van der Waals surface area contributed by atoms with Crippen LogP contribution in [-0.2, 0) is 0 Å². The lowest BCUT2D eigenvalue weighted by Crippen LogP contribution is -2.13. The van der Waals surface area contributed by atoms with Gasteiger partial charge in [-0.1, -0.05) is 0 Å². The van der Waals surface area contributed by atoms with Crippen LogP contribution in [0.15, 0.2) is 42.6 Å². The van der Waals surface area contributed by atoms with Crippen LogP contribution in [0.4, 0.5) is 11.5 Å². The van der Waals surface area contributed by atoms with E-state index in [1.807, 2.05) is 6.92 Å². The molecule has 1 aromatic heterocycles. The van der Waals surface area contributed by atoms with E-state index in [-0.39, 0.29) is 5.91 Å². The number of rotatable bonds is 5. The van der Waals surface area contributed by atoms with E-state index in [4.69, 9.17) is 10.6 Å². The minimum atomic E-state index is -0.231. The highest BCUT2D eigenvalue weighted by Crippen LogP contribution is 2.16. The highest BCUT2D eigenvalue weighted by molar-refractivity contribution is 6.04. The van der Waals surface area contributed by atoms with Crippen molar-refractivity contribution >= 4 is 17.4 Å². The minimum absolute atomic E-state index is 0.231. The van der Waals surface area contributed by atoms with Gasteiger partial charge in [0, 0.05) is 11.9 Å². The van der Waals surface area contributed by atoms with E-state index in [0.29, 0.717) is 23.7 Å². The van der Waals surface area contributed by atoms with E-state index in [1.54, 1.807) is 36.4 Å². The highest BCUT2D eigenvalue weighted by Gasteiger charge is 2.06. The van der Waals surface area contributed by atoms with Gasteiger partial charge in [-0.15, -0.1) is 0 Å². The molecule has 0 bridgehead atoms. The Labute approximate surface area is 116 Å². The van der Waals surface area contributed by atoms with Crippen molar-refractivity contribution in [3.05, 3.63) is 48.2 Å². The fourth-order valence-corrected chi connectivity index (χ4v) is 1.62. The Morgan fingerprint density at radius 2 is 2.00 bits per heavy atom. The van der Waals surface area contributed by atoms with E-state index in [9.17, 15) is 4.79 Å². The number of carbonyl (C=O) groups excluding carboxylic acids is 1. The van der Waals surface area contributed by atoms with Crippen molar-refractivity contribution < 1.29 is 9.53 Å². The van der Waals surface area contributed by atoms with Crippen LogP contribution >= 0.6 is 0 Å². The molecule has 6 heteroatoms. The van der Waals surface area contributed by atoms with Gasteiger partial charge in [0.25, 0.3) is 5.91 Å². The third-order valence-corrected chi connectivity index (χ3v) is 2.60. The number of ether oxygens (including phenoxy) is 1. The van der Waals surface area contributed by atoms with Gasteiger partial charge in [0.1, 0.15) is 11.6 Å². The second kappa shape index (κ2) is 6.53. The summed E-state index contributed by atoms with van der Waals surface area (Å²) in [5.41, 5.74) is 3.55. The van der Waals surface area contributed by atoms with Crippen molar-refractivity contribution in [1.82, 2.24) is 4.98 Å². The van der Waals surface area contributed by atoms with Crippen LogP contribution < -0.4 is 21.3 Å². The molecular weight excluding hydrogens is 256 g/mol. The first-order valence-corrected chi connectivity index (χ1v) is 6.20. The van der Waals surface area contributed by atoms with Crippen LogP contribution in [0.2, 0.25) is 0 Å². The summed E-state index contributed by atoms with van der Waals surface area (Å²) in [7, 11) is 0. The maximum atomic E-state index is 12.0. The first-order chi connectivity index (χ1) is 9.72. The molecule has 0 radical (unpaired) electrons. The molecule has 0 saturated carbocycles. The standard InChI is InChI=1S/C14H16N4O2/c1-2-20-12-6-4-11(5-7-12)17-14(19)10-3-8-13(18-15)16-9-10/h3-9H,2,15H2,1H3,(H,16,18)(H,17,19). The number of nitrogen functional groups attached to an aromatic ring is 1. The lowest BCUT2D eigenvalue weighted by atomic mass is 10.2. The Morgan fingerprint density at radius 3 is 2.55 bits per heavy atom. The van der Waals surface area contributed by atoms with Crippen molar-refractivity contribution in [1.29, 1.82) is 0 Å². The Kier molecular flexibility index (Phi) is 4.52. The zero-order valence-corrected chi connectivity index (χ0v) is 11.1. The van der Waals surface area contributed by atoms with Gasteiger partial charge in [0.05, 0.1) is 12.2 Å². The molecule has 0 spiro atoms. The lowest BCUT2D eigenvalue weighted by molar-refractivity contribution is 0.102. The number of pyridine rings is 1. The number of aromatic nitrogens is 1. The summed E-state index contributed by atoms with van der Waals surface area (Å²) < 4.78 is 5.33. The second-order valence-corrected chi connectivity index (χ2v) is 3.99. The number of hydrazine groups is 1. The molecule has 0 aliphatic heterocycles. The van der Waals surface area contributed by atoms with Gasteiger partial charge in [-0.05, 0) is 43.3 Å². The van der Waals surface area contributed by atoms with Gasteiger partial charge < -0.3 is 15.5 Å². The number of carbonyl (C=O) groups is 1. The molecule has 1 heterocycles. The Morgan fingerprint density at radius 1 is 1.25 bits per heavy atom. The largest absolute Gasteiger partial charge is 0.494 e. The lowest BCUT2D eigenvalue weighted by Gasteiger charge is -2.07. The van der Waals surface area contributed by atoms with Gasteiger partial charge in [-0.3, -0.25) is 4.79 Å². The van der Waals surface area contributed by atoms with E-state index >= 15 is 0 Å². The van der Waals surface area contributed by atoms with Crippen molar-refractivity contribution in [2.75, 3.05) is 17.3 Å². The predicted octanol–water partition coefficient (Wildman–Crippen LogP) is 2.02. The quantitative estimate of drug-likeness (QED) is 0.572. The molecule has 0 saturated heterocycles. The van der Waals surface area contributed by atoms with Crippen molar-refractivity contribution in [3.63, 3.8) is 0 Å². The number of hydrogen-bond acceptors (Lipinski definition) is 5. The van der Waals surface area contributed by atoms with Crippen LogP contribution in [0.25, 0.3) is 0 Å². The first kappa shape index (κ1) is 13.8. The van der Waals surface area contributed by atoms with Crippen molar-refractivity contribution in [3.8, 4) is 5.75 Å². The van der Waals surface area contributed by atoms with Crippen LogP contribution in [0.3, 0.4) is 0 Å². The number of amides is 1. The van der Waals surface area contributed by atoms with Gasteiger partial charge in [-0.2, -0.15) is 0 Å². The second-order valence-electron chi connectivity index (χ2n) is 3.99. The molecule has 0 unspecified atom stereocenters. The molecule has 1 amide bonds. The van der Waals surface area contributed by atoms with E-state index in [2.05, 4.69) is 15.7 Å². The summed E-state index contributed by atoms with van der Waals surface area (Å²) in [6, 6.07) is 10.5. The molecule has 6 nitrogen and oxygen atoms in total. The summed E-state index contributed by atoms with van der Waals surface area (Å²) in [5.74, 6) is 6.25. The summed E-state index contributed by atoms with van der Waals surface area (Å²) in [6.07, 6.45) is 1.46. The van der Waals surface area contributed by atoms with E-state index in [1.165, 1.54) is 6.20 Å². The third kappa shape index (κ3) is 3.46. The molecule has 1 aromatic carbocycles. The van der Waals surface area contributed by atoms with Crippen molar-refractivity contribution in [2.24, 2.45) is 5.84 Å². The molecule has 0 atom stereocenters. The molecule has 2 rings (SSSR count). The molecule has 20 heavy (non-hydrogen) atoms. The molecule has 0 aliphatic carbocycles. The molecule has 4 N–H and O–H groups in total. The topological polar surface area (TPSA) is 89.3 Å². The number of nitrogens with zero attached hydrogens (tertiary/aromatic N) is 1. The minimum Gasteiger partial charge on any atom is -0.494 e. The van der Waals surface area contributed by atoms with Gasteiger partial charge in [-0.25, -0.2) is 10.8 Å². The molecule has 104 valence electrons. The number of anilines is 2. The normalized spacial score (nSPS) is 9.90. The summed E-state index contributed by atoms with van der Waals surface area (Å²) >= 11 is 0. The third-order valence-electron chi connectivity index (χ3n) is 2.60. The number of nitrogens with one attached hydrogen (secondary N) is 2. The van der Waals surface area contributed by atoms with Crippen LogP contribution in [0, 0.1) is 0 Å². The van der Waals surface area contributed by atoms with E-state index in [0.717, 1.165) is 5.75 Å². The maximum absolute atomic E-state index is 12.0. The van der Waals surface area contributed by atoms with Crippen LogP contribution in [-0.4, -0.2) is 17.5 Å². The average Bonchev–Trinajstić information content (AvgIpc) is 2.49. The monoisotopic (exact) mass is 272 g/mol. The fourth-order valence-electron chi connectivity index (χ4n) is 1.62. The number of nitrogens with two attached hydrogens (primary N) is 1.